The molecule has 0 spiro atoms. The van der Waals surface area contributed by atoms with Gasteiger partial charge in [0.1, 0.15) is 11.9 Å². The van der Waals surface area contributed by atoms with Crippen molar-refractivity contribution in [1.82, 2.24) is 14.8 Å². The molecule has 0 bridgehead atoms. The third-order valence-electron chi connectivity index (χ3n) is 6.32. The Kier molecular flexibility index (Phi) is 5.80. The Hall–Kier alpha value is -2.27. The molecule has 5 rings (SSSR count). The lowest BCUT2D eigenvalue weighted by atomic mass is 10.1. The maximum atomic E-state index is 13.9. The summed E-state index contributed by atoms with van der Waals surface area (Å²) < 4.78 is 47.0. The van der Waals surface area contributed by atoms with Crippen LogP contribution in [-0.4, -0.2) is 77.5 Å². The SMILES string of the molecule is O=C(OC1CCN(c2cc(C(F)(F)F)c3scc(C(=O)N4CCC4)c3n2)CC1)N1CC(Cl)C1. The number of carbonyl (C=O) groups excluding carboxylic acids is 2. The van der Waals surface area contributed by atoms with Crippen molar-refractivity contribution < 1.29 is 27.5 Å². The Morgan fingerprint density at radius 3 is 2.39 bits per heavy atom. The highest BCUT2D eigenvalue weighted by atomic mass is 35.5. The number of halogens is 4. The summed E-state index contributed by atoms with van der Waals surface area (Å²) in [4.78, 5) is 34.2. The Balaban J connectivity index is 1.35. The molecule has 3 aliphatic rings. The van der Waals surface area contributed by atoms with Crippen molar-refractivity contribution in [1.29, 1.82) is 0 Å². The van der Waals surface area contributed by atoms with E-state index >= 15 is 0 Å². The van der Waals surface area contributed by atoms with Crippen LogP contribution in [0.4, 0.5) is 23.8 Å². The van der Waals surface area contributed by atoms with Gasteiger partial charge in [-0.1, -0.05) is 0 Å². The Bertz CT molecular complexity index is 1080. The number of carbonyl (C=O) groups is 2. The van der Waals surface area contributed by atoms with Crippen LogP contribution in [0.25, 0.3) is 10.2 Å². The second kappa shape index (κ2) is 8.50. The molecule has 3 fully saturated rings. The molecule has 3 saturated heterocycles. The number of hydrogen-bond acceptors (Lipinski definition) is 6. The number of rotatable bonds is 3. The summed E-state index contributed by atoms with van der Waals surface area (Å²) in [7, 11) is 0. The van der Waals surface area contributed by atoms with E-state index in [9.17, 15) is 22.8 Å². The van der Waals surface area contributed by atoms with Gasteiger partial charge in [-0.3, -0.25) is 4.79 Å². The van der Waals surface area contributed by atoms with Crippen molar-refractivity contribution in [2.45, 2.75) is 36.9 Å². The standard InChI is InChI=1S/C21H22ClF3N4O3S/c22-12-9-29(10-12)20(31)32-13-2-6-27(7-3-13)16-8-15(21(23,24)25)18-17(26-16)14(11-33-18)19(30)28-4-1-5-28/h8,11-13H,1-7,9-10H2. The molecule has 2 amide bonds. The number of hydrogen-bond donors (Lipinski definition) is 0. The summed E-state index contributed by atoms with van der Waals surface area (Å²) in [6.07, 6.45) is -3.43. The number of ether oxygens (including phenoxy) is 1. The van der Waals surface area contributed by atoms with Crippen molar-refractivity contribution in [2.24, 2.45) is 0 Å². The van der Waals surface area contributed by atoms with Gasteiger partial charge in [-0.2, -0.15) is 13.2 Å². The summed E-state index contributed by atoms with van der Waals surface area (Å²) in [5, 5.41) is 1.43. The van der Waals surface area contributed by atoms with Crippen LogP contribution >= 0.6 is 22.9 Å². The molecule has 33 heavy (non-hydrogen) atoms. The molecule has 0 saturated carbocycles. The van der Waals surface area contributed by atoms with E-state index in [2.05, 4.69) is 4.98 Å². The smallest absolute Gasteiger partial charge is 0.417 e. The molecular formula is C21H22ClF3N4O3S. The zero-order chi connectivity index (χ0) is 23.3. The van der Waals surface area contributed by atoms with Crippen molar-refractivity contribution in [2.75, 3.05) is 44.2 Å². The lowest BCUT2D eigenvalue weighted by Crippen LogP contribution is -2.52. The second-order valence-corrected chi connectivity index (χ2v) is 10.1. The van der Waals surface area contributed by atoms with E-state index in [0.717, 1.165) is 23.8 Å². The number of piperidine rings is 1. The first kappa shape index (κ1) is 22.5. The Morgan fingerprint density at radius 2 is 1.82 bits per heavy atom. The van der Waals surface area contributed by atoms with E-state index < -0.39 is 17.8 Å². The van der Waals surface area contributed by atoms with E-state index in [0.29, 0.717) is 52.1 Å². The lowest BCUT2D eigenvalue weighted by Gasteiger charge is -2.37. The van der Waals surface area contributed by atoms with Crippen LogP contribution in [0.3, 0.4) is 0 Å². The zero-order valence-corrected chi connectivity index (χ0v) is 19.2. The molecule has 0 unspecified atom stereocenters. The molecule has 7 nitrogen and oxygen atoms in total. The third-order valence-corrected chi connectivity index (χ3v) is 7.60. The van der Waals surface area contributed by atoms with Gasteiger partial charge < -0.3 is 19.4 Å². The van der Waals surface area contributed by atoms with E-state index in [1.165, 1.54) is 10.3 Å². The molecule has 178 valence electrons. The highest BCUT2D eigenvalue weighted by Gasteiger charge is 2.37. The van der Waals surface area contributed by atoms with Crippen molar-refractivity contribution in [3.8, 4) is 0 Å². The number of alkyl halides is 4. The van der Waals surface area contributed by atoms with Crippen LogP contribution in [0.5, 0.6) is 0 Å². The number of nitrogens with zero attached hydrogens (tertiary/aromatic N) is 4. The van der Waals surface area contributed by atoms with Gasteiger partial charge in [0.25, 0.3) is 5.91 Å². The van der Waals surface area contributed by atoms with Crippen LogP contribution in [0.1, 0.15) is 35.2 Å². The van der Waals surface area contributed by atoms with Gasteiger partial charge in [-0.15, -0.1) is 22.9 Å². The number of thiophene rings is 1. The van der Waals surface area contributed by atoms with E-state index in [1.807, 2.05) is 0 Å². The monoisotopic (exact) mass is 502 g/mol. The minimum absolute atomic E-state index is 0.0221. The van der Waals surface area contributed by atoms with Crippen LogP contribution in [0.15, 0.2) is 11.4 Å². The molecule has 3 aliphatic heterocycles. The minimum atomic E-state index is -4.57. The Morgan fingerprint density at radius 1 is 1.12 bits per heavy atom. The van der Waals surface area contributed by atoms with Crippen LogP contribution in [0.2, 0.25) is 0 Å². The number of amides is 2. The van der Waals surface area contributed by atoms with Crippen molar-refractivity contribution in [3.63, 3.8) is 0 Å². The average molecular weight is 503 g/mol. The quantitative estimate of drug-likeness (QED) is 0.589. The summed E-state index contributed by atoms with van der Waals surface area (Å²) in [5.41, 5.74) is -0.459. The van der Waals surface area contributed by atoms with Crippen LogP contribution in [0, 0.1) is 0 Å². The minimum Gasteiger partial charge on any atom is -0.446 e. The topological polar surface area (TPSA) is 66.0 Å². The number of pyridine rings is 1. The van der Waals surface area contributed by atoms with Gasteiger partial charge in [0.15, 0.2) is 0 Å². The normalized spacial score (nSPS) is 20.1. The summed E-state index contributed by atoms with van der Waals surface area (Å²) in [6.45, 7) is 2.93. The first-order chi connectivity index (χ1) is 15.7. The molecule has 0 aromatic carbocycles. The number of aromatic nitrogens is 1. The fourth-order valence-electron chi connectivity index (χ4n) is 4.20. The molecule has 0 atom stereocenters. The fourth-order valence-corrected chi connectivity index (χ4v) is 5.55. The summed E-state index contributed by atoms with van der Waals surface area (Å²) >= 11 is 6.79. The number of fused-ring (bicyclic) bond motifs is 1. The van der Waals surface area contributed by atoms with Crippen LogP contribution in [-0.2, 0) is 10.9 Å². The van der Waals surface area contributed by atoms with Gasteiger partial charge >= 0.3 is 12.3 Å². The third kappa shape index (κ3) is 4.32. The molecule has 5 heterocycles. The first-order valence-electron chi connectivity index (χ1n) is 10.8. The van der Waals surface area contributed by atoms with E-state index in [1.54, 1.807) is 9.80 Å². The van der Waals surface area contributed by atoms with Gasteiger partial charge in [-0.05, 0) is 12.5 Å². The molecule has 2 aromatic rings. The number of likely N-dealkylation sites (tertiary alicyclic amines) is 2. The van der Waals surface area contributed by atoms with Gasteiger partial charge in [0.2, 0.25) is 0 Å². The molecular weight excluding hydrogens is 481 g/mol. The van der Waals surface area contributed by atoms with Gasteiger partial charge in [0, 0.05) is 57.5 Å². The molecule has 0 aliphatic carbocycles. The summed E-state index contributed by atoms with van der Waals surface area (Å²) in [5.74, 6) is -0.0931. The predicted octanol–water partition coefficient (Wildman–Crippen LogP) is 4.19. The lowest BCUT2D eigenvalue weighted by molar-refractivity contribution is -0.136. The molecule has 0 radical (unpaired) electrons. The second-order valence-electron chi connectivity index (χ2n) is 8.57. The largest absolute Gasteiger partial charge is 0.446 e. The predicted molar refractivity (Wildman–Crippen MR) is 118 cm³/mol. The number of anilines is 1. The maximum Gasteiger partial charge on any atom is 0.417 e. The zero-order valence-electron chi connectivity index (χ0n) is 17.6. The van der Waals surface area contributed by atoms with E-state index in [4.69, 9.17) is 16.3 Å². The molecule has 12 heteroatoms. The first-order valence-corrected chi connectivity index (χ1v) is 12.2. The highest BCUT2D eigenvalue weighted by molar-refractivity contribution is 7.17. The van der Waals surface area contributed by atoms with Crippen molar-refractivity contribution in [3.05, 3.63) is 22.6 Å². The average Bonchev–Trinajstić information content (AvgIpc) is 3.13. The molecule has 0 N–H and O–H groups in total. The van der Waals surface area contributed by atoms with Crippen molar-refractivity contribution >= 4 is 51.0 Å². The summed E-state index contributed by atoms with van der Waals surface area (Å²) in [6, 6.07) is 1.06. The van der Waals surface area contributed by atoms with E-state index in [-0.39, 0.29) is 39.0 Å². The van der Waals surface area contributed by atoms with Crippen LogP contribution < -0.4 is 4.90 Å². The maximum absolute atomic E-state index is 13.9. The van der Waals surface area contributed by atoms with Gasteiger partial charge in [-0.25, -0.2) is 9.78 Å². The highest BCUT2D eigenvalue weighted by Crippen LogP contribution is 2.41. The fraction of sp³-hybridized carbons (Fsp3) is 0.571. The van der Waals surface area contributed by atoms with Gasteiger partial charge in [0.05, 0.1) is 26.7 Å². The molecule has 2 aromatic heterocycles. The Labute approximate surface area is 197 Å².